The Hall–Kier alpha value is -2.27. The minimum atomic E-state index is -0.166. The van der Waals surface area contributed by atoms with E-state index in [0.717, 1.165) is 50.2 Å². The molecule has 0 spiro atoms. The normalized spacial score (nSPS) is 30.4. The van der Waals surface area contributed by atoms with Crippen LogP contribution in [0.3, 0.4) is 0 Å². The standard InChI is InChI=1S/C21H25N3O2/c25-21(24-12-4-3-8-17(24)18-9-5-13-26-18)20-15-10-11-22-19(15)14-6-1-2-7-16(14)23-20/h1-2,5-7,9,13,15,17,19-20,22-23H,3-4,8,10-12H2. The van der Waals surface area contributed by atoms with Crippen molar-refractivity contribution in [1.29, 1.82) is 0 Å². The quantitative estimate of drug-likeness (QED) is 0.870. The van der Waals surface area contributed by atoms with E-state index in [-0.39, 0.29) is 24.0 Å². The minimum Gasteiger partial charge on any atom is -0.467 e. The van der Waals surface area contributed by atoms with E-state index in [2.05, 4.69) is 33.7 Å². The van der Waals surface area contributed by atoms with E-state index in [1.807, 2.05) is 18.2 Å². The van der Waals surface area contributed by atoms with Crippen molar-refractivity contribution >= 4 is 11.6 Å². The van der Waals surface area contributed by atoms with Crippen LogP contribution in [0.1, 0.15) is 49.1 Å². The first-order valence-corrected chi connectivity index (χ1v) is 9.75. The Morgan fingerprint density at radius 1 is 1.12 bits per heavy atom. The first-order chi connectivity index (χ1) is 12.8. The molecule has 0 saturated carbocycles. The molecule has 1 aromatic carbocycles. The lowest BCUT2D eigenvalue weighted by molar-refractivity contribution is -0.137. The van der Waals surface area contributed by atoms with Gasteiger partial charge < -0.3 is 20.0 Å². The maximum atomic E-state index is 13.6. The number of amides is 1. The number of nitrogens with one attached hydrogen (secondary N) is 2. The Morgan fingerprint density at radius 2 is 2.04 bits per heavy atom. The van der Waals surface area contributed by atoms with Crippen molar-refractivity contribution in [3.63, 3.8) is 0 Å². The topological polar surface area (TPSA) is 57.5 Å². The highest BCUT2D eigenvalue weighted by molar-refractivity contribution is 5.87. The smallest absolute Gasteiger partial charge is 0.246 e. The third kappa shape index (κ3) is 2.53. The summed E-state index contributed by atoms with van der Waals surface area (Å²) in [6.07, 6.45) is 5.93. The summed E-state index contributed by atoms with van der Waals surface area (Å²) in [5.41, 5.74) is 2.38. The zero-order valence-electron chi connectivity index (χ0n) is 14.9. The highest BCUT2D eigenvalue weighted by Crippen LogP contribution is 2.43. The summed E-state index contributed by atoms with van der Waals surface area (Å²) in [6, 6.07) is 12.5. The lowest BCUT2D eigenvalue weighted by atomic mass is 9.82. The predicted octanol–water partition coefficient (Wildman–Crippen LogP) is 3.48. The number of benzene rings is 1. The van der Waals surface area contributed by atoms with Crippen molar-refractivity contribution in [3.8, 4) is 0 Å². The number of rotatable bonds is 2. The predicted molar refractivity (Wildman–Crippen MR) is 99.7 cm³/mol. The van der Waals surface area contributed by atoms with Gasteiger partial charge in [-0.25, -0.2) is 0 Å². The zero-order chi connectivity index (χ0) is 17.5. The Bertz CT molecular complexity index is 788. The maximum Gasteiger partial charge on any atom is 0.246 e. The Labute approximate surface area is 153 Å². The molecule has 5 heteroatoms. The molecule has 0 radical (unpaired) electrons. The molecule has 26 heavy (non-hydrogen) atoms. The highest BCUT2D eigenvalue weighted by atomic mass is 16.3. The van der Waals surface area contributed by atoms with Crippen LogP contribution in [-0.2, 0) is 4.79 Å². The average Bonchev–Trinajstić information content (AvgIpc) is 3.39. The van der Waals surface area contributed by atoms with Crippen LogP contribution >= 0.6 is 0 Å². The van der Waals surface area contributed by atoms with Gasteiger partial charge in [-0.3, -0.25) is 4.79 Å². The fourth-order valence-electron chi connectivity index (χ4n) is 4.99. The van der Waals surface area contributed by atoms with E-state index in [4.69, 9.17) is 4.42 Å². The molecule has 2 saturated heterocycles. The number of para-hydroxylation sites is 1. The largest absolute Gasteiger partial charge is 0.467 e. The number of piperidine rings is 1. The van der Waals surface area contributed by atoms with Gasteiger partial charge in [-0.2, -0.15) is 0 Å². The average molecular weight is 351 g/mol. The number of hydrogen-bond acceptors (Lipinski definition) is 4. The van der Waals surface area contributed by atoms with Crippen LogP contribution in [0.2, 0.25) is 0 Å². The second-order valence-corrected chi connectivity index (χ2v) is 7.65. The van der Waals surface area contributed by atoms with Crippen LogP contribution in [0.4, 0.5) is 5.69 Å². The second-order valence-electron chi connectivity index (χ2n) is 7.65. The molecule has 5 rings (SSSR count). The molecule has 1 aromatic heterocycles. The van der Waals surface area contributed by atoms with Gasteiger partial charge in [0.25, 0.3) is 0 Å². The minimum absolute atomic E-state index is 0.0676. The first kappa shape index (κ1) is 15.9. The van der Waals surface area contributed by atoms with Gasteiger partial charge >= 0.3 is 0 Å². The summed E-state index contributed by atoms with van der Waals surface area (Å²) >= 11 is 0. The Balaban J connectivity index is 1.46. The van der Waals surface area contributed by atoms with Gasteiger partial charge in [0.1, 0.15) is 11.8 Å². The van der Waals surface area contributed by atoms with Gasteiger partial charge in [0.2, 0.25) is 5.91 Å². The number of nitrogens with zero attached hydrogens (tertiary/aromatic N) is 1. The second kappa shape index (κ2) is 6.47. The summed E-state index contributed by atoms with van der Waals surface area (Å²) in [6.45, 7) is 1.78. The lowest BCUT2D eigenvalue weighted by Gasteiger charge is -2.42. The van der Waals surface area contributed by atoms with Gasteiger partial charge in [-0.15, -0.1) is 0 Å². The van der Waals surface area contributed by atoms with E-state index in [1.54, 1.807) is 6.26 Å². The molecule has 0 bridgehead atoms. The molecule has 2 fully saturated rings. The third-order valence-electron chi connectivity index (χ3n) is 6.23. The number of likely N-dealkylation sites (tertiary alicyclic amines) is 1. The number of fused-ring (bicyclic) bond motifs is 3. The van der Waals surface area contributed by atoms with Gasteiger partial charge in [-0.1, -0.05) is 18.2 Å². The van der Waals surface area contributed by atoms with Gasteiger partial charge in [0, 0.05) is 24.2 Å². The summed E-state index contributed by atoms with van der Waals surface area (Å²) in [5, 5.41) is 7.18. The van der Waals surface area contributed by atoms with E-state index >= 15 is 0 Å². The first-order valence-electron chi connectivity index (χ1n) is 9.75. The van der Waals surface area contributed by atoms with Crippen molar-refractivity contribution < 1.29 is 9.21 Å². The van der Waals surface area contributed by atoms with Crippen LogP contribution in [0.5, 0.6) is 0 Å². The molecule has 5 nitrogen and oxygen atoms in total. The molecular formula is C21H25N3O2. The van der Waals surface area contributed by atoms with E-state index in [9.17, 15) is 4.79 Å². The van der Waals surface area contributed by atoms with Crippen molar-refractivity contribution in [1.82, 2.24) is 10.2 Å². The molecule has 3 aliphatic rings. The van der Waals surface area contributed by atoms with Crippen LogP contribution in [0, 0.1) is 5.92 Å². The Morgan fingerprint density at radius 3 is 2.92 bits per heavy atom. The lowest BCUT2D eigenvalue weighted by Crippen LogP contribution is -2.52. The molecule has 3 aliphatic heterocycles. The highest BCUT2D eigenvalue weighted by Gasteiger charge is 2.45. The molecule has 0 aliphatic carbocycles. The summed E-state index contributed by atoms with van der Waals surface area (Å²) in [4.78, 5) is 15.7. The van der Waals surface area contributed by atoms with Gasteiger partial charge in [0.15, 0.2) is 0 Å². The molecular weight excluding hydrogens is 326 g/mol. The summed E-state index contributed by atoms with van der Waals surface area (Å²) in [5.74, 6) is 1.44. The molecule has 2 aromatic rings. The molecule has 4 unspecified atom stereocenters. The molecule has 4 atom stereocenters. The maximum absolute atomic E-state index is 13.6. The van der Waals surface area contributed by atoms with Crippen LogP contribution in [0.25, 0.3) is 0 Å². The molecule has 136 valence electrons. The van der Waals surface area contributed by atoms with E-state index in [1.165, 1.54) is 5.56 Å². The number of carbonyl (C=O) groups excluding carboxylic acids is 1. The number of furan rings is 1. The van der Waals surface area contributed by atoms with Crippen LogP contribution < -0.4 is 10.6 Å². The van der Waals surface area contributed by atoms with E-state index in [0.29, 0.717) is 5.92 Å². The van der Waals surface area contributed by atoms with Crippen LogP contribution in [0.15, 0.2) is 47.1 Å². The van der Waals surface area contributed by atoms with Crippen molar-refractivity contribution in [2.24, 2.45) is 5.92 Å². The van der Waals surface area contributed by atoms with Gasteiger partial charge in [0.05, 0.1) is 12.3 Å². The monoisotopic (exact) mass is 351 g/mol. The third-order valence-corrected chi connectivity index (χ3v) is 6.23. The fraction of sp³-hybridized carbons (Fsp3) is 0.476. The molecule has 1 amide bonds. The number of hydrogen-bond donors (Lipinski definition) is 2. The van der Waals surface area contributed by atoms with E-state index < -0.39 is 0 Å². The number of anilines is 1. The van der Waals surface area contributed by atoms with Crippen molar-refractivity contribution in [2.75, 3.05) is 18.4 Å². The number of carbonyl (C=O) groups is 1. The van der Waals surface area contributed by atoms with Crippen molar-refractivity contribution in [2.45, 2.75) is 43.8 Å². The Kier molecular flexibility index (Phi) is 3.97. The fourth-order valence-corrected chi connectivity index (χ4v) is 4.99. The zero-order valence-corrected chi connectivity index (χ0v) is 14.9. The molecule has 2 N–H and O–H groups in total. The SMILES string of the molecule is O=C(C1Nc2ccccc2C2NCCC12)N1CCCCC1c1ccco1. The van der Waals surface area contributed by atoms with Gasteiger partial charge in [-0.05, 0) is 56.0 Å². The molecule has 4 heterocycles. The van der Waals surface area contributed by atoms with Crippen LogP contribution in [-0.4, -0.2) is 29.9 Å². The summed E-state index contributed by atoms with van der Waals surface area (Å²) in [7, 11) is 0. The van der Waals surface area contributed by atoms with Crippen molar-refractivity contribution in [3.05, 3.63) is 54.0 Å². The summed E-state index contributed by atoms with van der Waals surface area (Å²) < 4.78 is 5.66.